The van der Waals surface area contributed by atoms with Crippen LogP contribution in [0.25, 0.3) is 10.9 Å². The molecular formula is C16H17N3O2. The van der Waals surface area contributed by atoms with Gasteiger partial charge >= 0.3 is 0 Å². The summed E-state index contributed by atoms with van der Waals surface area (Å²) in [6.07, 6.45) is 0. The number of pyridine rings is 1. The summed E-state index contributed by atoms with van der Waals surface area (Å²) in [4.78, 5) is 29.3. The fourth-order valence-electron chi connectivity index (χ4n) is 3.57. The lowest BCUT2D eigenvalue weighted by atomic mass is 10.0. The van der Waals surface area contributed by atoms with E-state index in [-0.39, 0.29) is 11.5 Å². The van der Waals surface area contributed by atoms with E-state index >= 15 is 0 Å². The van der Waals surface area contributed by atoms with Crippen molar-refractivity contribution >= 4 is 16.8 Å². The smallest absolute Gasteiger partial charge is 0.254 e. The van der Waals surface area contributed by atoms with Crippen molar-refractivity contribution in [2.45, 2.75) is 0 Å². The third-order valence-electron chi connectivity index (χ3n) is 4.66. The molecule has 0 unspecified atom stereocenters. The zero-order valence-electron chi connectivity index (χ0n) is 11.6. The van der Waals surface area contributed by atoms with Gasteiger partial charge in [0.15, 0.2) is 0 Å². The van der Waals surface area contributed by atoms with E-state index in [1.54, 1.807) is 0 Å². The van der Waals surface area contributed by atoms with Crippen molar-refractivity contribution in [1.29, 1.82) is 0 Å². The van der Waals surface area contributed by atoms with Crippen molar-refractivity contribution in [3.63, 3.8) is 0 Å². The highest BCUT2D eigenvalue weighted by Crippen LogP contribution is 2.28. The van der Waals surface area contributed by atoms with Crippen LogP contribution in [0.2, 0.25) is 0 Å². The van der Waals surface area contributed by atoms with Crippen LogP contribution < -0.4 is 10.9 Å². The molecule has 2 saturated heterocycles. The van der Waals surface area contributed by atoms with Gasteiger partial charge in [0.2, 0.25) is 5.56 Å². The van der Waals surface area contributed by atoms with Crippen LogP contribution in [0.3, 0.4) is 0 Å². The highest BCUT2D eigenvalue weighted by Gasteiger charge is 2.38. The van der Waals surface area contributed by atoms with Gasteiger partial charge in [-0.1, -0.05) is 18.2 Å². The van der Waals surface area contributed by atoms with Gasteiger partial charge in [0.1, 0.15) is 0 Å². The monoisotopic (exact) mass is 283 g/mol. The molecule has 0 spiro atoms. The first-order valence-electron chi connectivity index (χ1n) is 7.34. The van der Waals surface area contributed by atoms with Crippen LogP contribution in [-0.2, 0) is 0 Å². The van der Waals surface area contributed by atoms with Crippen molar-refractivity contribution < 1.29 is 4.79 Å². The molecule has 1 aromatic heterocycles. The number of likely N-dealkylation sites (tertiary alicyclic amines) is 1. The highest BCUT2D eigenvalue weighted by molar-refractivity contribution is 6.06. The Kier molecular flexibility index (Phi) is 2.82. The number of nitrogens with zero attached hydrogens (tertiary/aromatic N) is 1. The lowest BCUT2D eigenvalue weighted by Gasteiger charge is -2.18. The van der Waals surface area contributed by atoms with Gasteiger partial charge in [-0.3, -0.25) is 9.59 Å². The van der Waals surface area contributed by atoms with Gasteiger partial charge in [-0.25, -0.2) is 0 Å². The van der Waals surface area contributed by atoms with Crippen LogP contribution >= 0.6 is 0 Å². The Morgan fingerprint density at radius 1 is 1.14 bits per heavy atom. The van der Waals surface area contributed by atoms with Crippen LogP contribution in [0, 0.1) is 11.8 Å². The van der Waals surface area contributed by atoms with E-state index < -0.39 is 0 Å². The van der Waals surface area contributed by atoms with Gasteiger partial charge in [-0.2, -0.15) is 0 Å². The van der Waals surface area contributed by atoms with E-state index in [9.17, 15) is 9.59 Å². The first-order chi connectivity index (χ1) is 10.2. The highest BCUT2D eigenvalue weighted by atomic mass is 16.2. The minimum absolute atomic E-state index is 0.0216. The summed E-state index contributed by atoms with van der Waals surface area (Å²) in [7, 11) is 0. The largest absolute Gasteiger partial charge is 0.338 e. The normalized spacial score (nSPS) is 24.5. The average molecular weight is 283 g/mol. The number of fused-ring (bicyclic) bond motifs is 2. The Hall–Kier alpha value is -2.14. The number of aromatic amines is 1. The first kappa shape index (κ1) is 12.6. The summed E-state index contributed by atoms with van der Waals surface area (Å²) in [6.45, 7) is 3.56. The van der Waals surface area contributed by atoms with E-state index in [1.165, 1.54) is 6.07 Å². The quantitative estimate of drug-likeness (QED) is 0.814. The Labute approximate surface area is 122 Å². The molecule has 2 atom stereocenters. The number of amides is 1. The molecule has 5 nitrogen and oxygen atoms in total. The number of rotatable bonds is 1. The van der Waals surface area contributed by atoms with Gasteiger partial charge in [-0.15, -0.1) is 0 Å². The van der Waals surface area contributed by atoms with Crippen molar-refractivity contribution in [3.05, 3.63) is 46.2 Å². The van der Waals surface area contributed by atoms with E-state index in [0.29, 0.717) is 17.4 Å². The molecule has 0 bridgehead atoms. The molecule has 108 valence electrons. The van der Waals surface area contributed by atoms with E-state index in [1.807, 2.05) is 29.2 Å². The molecule has 0 aliphatic carbocycles. The molecule has 3 heterocycles. The second-order valence-electron chi connectivity index (χ2n) is 5.98. The lowest BCUT2D eigenvalue weighted by molar-refractivity contribution is 0.0783. The van der Waals surface area contributed by atoms with Crippen LogP contribution in [0.1, 0.15) is 10.4 Å². The van der Waals surface area contributed by atoms with Crippen LogP contribution in [0.15, 0.2) is 35.1 Å². The molecule has 1 amide bonds. The molecule has 4 rings (SSSR count). The summed E-state index contributed by atoms with van der Waals surface area (Å²) >= 11 is 0. The minimum atomic E-state index is -0.224. The van der Waals surface area contributed by atoms with E-state index in [0.717, 1.165) is 37.1 Å². The molecule has 5 heteroatoms. The average Bonchev–Trinajstić information content (AvgIpc) is 3.06. The lowest BCUT2D eigenvalue weighted by Crippen LogP contribution is -2.32. The fraction of sp³-hybridized carbons (Fsp3) is 0.375. The standard InChI is InChI=1S/C16H17N3O2/c20-15-5-13(12-3-1-2-4-14(12)18-15)16(21)19-8-10-6-17-7-11(10)9-19/h1-5,10-11,17H,6-9H2,(H,18,20)/t10-,11+. The van der Waals surface area contributed by atoms with Crippen LogP contribution in [-0.4, -0.2) is 42.0 Å². The van der Waals surface area contributed by atoms with Gasteiger partial charge < -0.3 is 15.2 Å². The number of carbonyl (C=O) groups is 1. The predicted octanol–water partition coefficient (Wildman–Crippen LogP) is 0.819. The molecular weight excluding hydrogens is 266 g/mol. The Morgan fingerprint density at radius 3 is 2.62 bits per heavy atom. The van der Waals surface area contributed by atoms with Gasteiger partial charge in [-0.05, 0) is 17.9 Å². The van der Waals surface area contributed by atoms with Gasteiger partial charge in [0.05, 0.1) is 5.56 Å². The third kappa shape index (κ3) is 2.05. The third-order valence-corrected chi connectivity index (χ3v) is 4.66. The van der Waals surface area contributed by atoms with Gasteiger partial charge in [0, 0.05) is 43.1 Å². The number of aromatic nitrogens is 1. The molecule has 2 aliphatic heterocycles. The number of carbonyl (C=O) groups excluding carboxylic acids is 1. The Balaban J connectivity index is 1.73. The molecule has 1 aromatic carbocycles. The number of benzene rings is 1. The second kappa shape index (κ2) is 4.70. The predicted molar refractivity (Wildman–Crippen MR) is 80.3 cm³/mol. The first-order valence-corrected chi connectivity index (χ1v) is 7.34. The molecule has 21 heavy (non-hydrogen) atoms. The van der Waals surface area contributed by atoms with Crippen molar-refractivity contribution in [1.82, 2.24) is 15.2 Å². The zero-order chi connectivity index (χ0) is 14.4. The minimum Gasteiger partial charge on any atom is -0.338 e. The maximum absolute atomic E-state index is 12.8. The zero-order valence-corrected chi connectivity index (χ0v) is 11.6. The second-order valence-corrected chi connectivity index (χ2v) is 5.98. The molecule has 2 fully saturated rings. The topological polar surface area (TPSA) is 65.2 Å². The SMILES string of the molecule is O=C(c1cc(=O)[nH]c2ccccc12)N1C[C@H]2CNC[C@H]2C1. The van der Waals surface area contributed by atoms with Crippen molar-refractivity contribution in [2.75, 3.05) is 26.2 Å². The molecule has 2 aliphatic rings. The summed E-state index contributed by atoms with van der Waals surface area (Å²) in [5.41, 5.74) is 1.01. The number of hydrogen-bond acceptors (Lipinski definition) is 3. The maximum Gasteiger partial charge on any atom is 0.254 e. The summed E-state index contributed by atoms with van der Waals surface area (Å²) in [5.74, 6) is 1.09. The van der Waals surface area contributed by atoms with Crippen molar-refractivity contribution in [2.24, 2.45) is 11.8 Å². The summed E-state index contributed by atoms with van der Waals surface area (Å²) < 4.78 is 0. The summed E-state index contributed by atoms with van der Waals surface area (Å²) in [5, 5.41) is 4.19. The number of nitrogens with one attached hydrogen (secondary N) is 2. The maximum atomic E-state index is 12.8. The molecule has 2 aromatic rings. The number of para-hydroxylation sites is 1. The Morgan fingerprint density at radius 2 is 1.86 bits per heavy atom. The van der Waals surface area contributed by atoms with Crippen LogP contribution in [0.4, 0.5) is 0 Å². The fourth-order valence-corrected chi connectivity index (χ4v) is 3.57. The van der Waals surface area contributed by atoms with Crippen LogP contribution in [0.5, 0.6) is 0 Å². The number of hydrogen-bond donors (Lipinski definition) is 2. The molecule has 0 saturated carbocycles. The molecule has 2 N–H and O–H groups in total. The summed E-state index contributed by atoms with van der Waals surface area (Å²) in [6, 6.07) is 8.89. The van der Waals surface area contributed by atoms with E-state index in [2.05, 4.69) is 10.3 Å². The van der Waals surface area contributed by atoms with E-state index in [4.69, 9.17) is 0 Å². The molecule has 0 radical (unpaired) electrons. The number of H-pyrrole nitrogens is 1. The Bertz CT molecular complexity index is 755. The van der Waals surface area contributed by atoms with Crippen molar-refractivity contribution in [3.8, 4) is 0 Å². The van der Waals surface area contributed by atoms with Gasteiger partial charge in [0.25, 0.3) is 5.91 Å².